The van der Waals surface area contributed by atoms with E-state index in [1.807, 2.05) is 43.3 Å². The topological polar surface area (TPSA) is 85.2 Å². The Kier molecular flexibility index (Phi) is 7.00. The van der Waals surface area contributed by atoms with Gasteiger partial charge in [0.15, 0.2) is 0 Å². The highest BCUT2D eigenvalue weighted by atomic mass is 16.3. The van der Waals surface area contributed by atoms with Crippen molar-refractivity contribution in [1.29, 1.82) is 5.26 Å². The molecule has 2 aromatic carbocycles. The van der Waals surface area contributed by atoms with Gasteiger partial charge in [-0.05, 0) is 41.8 Å². The van der Waals surface area contributed by atoms with Gasteiger partial charge < -0.3 is 15.7 Å². The van der Waals surface area contributed by atoms with Crippen LogP contribution in [0.2, 0.25) is 0 Å². The molecular weight excluding hydrogens is 314 g/mol. The number of nitriles is 1. The first kappa shape index (κ1) is 18.5. The van der Waals surface area contributed by atoms with Crippen LogP contribution < -0.4 is 10.6 Å². The van der Waals surface area contributed by atoms with E-state index in [2.05, 4.69) is 16.7 Å². The Labute approximate surface area is 148 Å². The zero-order valence-electron chi connectivity index (χ0n) is 14.3. The van der Waals surface area contributed by atoms with Gasteiger partial charge in [-0.15, -0.1) is 0 Å². The summed E-state index contributed by atoms with van der Waals surface area (Å²) in [6.45, 7) is 2.55. The standard InChI is InChI=1S/C20H23N3O2/c1-2-18(14-24)23-20(25)11-15-7-9-19(10-8-15)22-13-17-5-3-16(12-21)4-6-17/h3-10,18,22,24H,2,11,13-14H2,1H3,(H,23,25). The number of nitrogens with zero attached hydrogens (tertiary/aromatic N) is 1. The van der Waals surface area contributed by atoms with Gasteiger partial charge in [-0.25, -0.2) is 0 Å². The maximum absolute atomic E-state index is 11.9. The van der Waals surface area contributed by atoms with Gasteiger partial charge in [-0.3, -0.25) is 4.79 Å². The third-order valence-corrected chi connectivity index (χ3v) is 3.98. The van der Waals surface area contributed by atoms with E-state index in [0.717, 1.165) is 16.8 Å². The molecule has 0 saturated heterocycles. The van der Waals surface area contributed by atoms with Crippen molar-refractivity contribution in [2.24, 2.45) is 0 Å². The Balaban J connectivity index is 1.84. The van der Waals surface area contributed by atoms with E-state index in [1.54, 1.807) is 12.1 Å². The minimum atomic E-state index is -0.180. The molecule has 0 aliphatic heterocycles. The highest BCUT2D eigenvalue weighted by molar-refractivity contribution is 5.79. The lowest BCUT2D eigenvalue weighted by Crippen LogP contribution is -2.37. The number of aliphatic hydroxyl groups is 1. The van der Waals surface area contributed by atoms with Crippen LogP contribution in [0.3, 0.4) is 0 Å². The van der Waals surface area contributed by atoms with Crippen molar-refractivity contribution in [3.63, 3.8) is 0 Å². The van der Waals surface area contributed by atoms with Crippen molar-refractivity contribution >= 4 is 11.6 Å². The second kappa shape index (κ2) is 9.45. The van der Waals surface area contributed by atoms with Crippen LogP contribution in [0.5, 0.6) is 0 Å². The molecule has 130 valence electrons. The summed E-state index contributed by atoms with van der Waals surface area (Å²) in [5.41, 5.74) is 3.64. The first-order valence-corrected chi connectivity index (χ1v) is 8.36. The van der Waals surface area contributed by atoms with Gasteiger partial charge in [0.2, 0.25) is 5.91 Å². The van der Waals surface area contributed by atoms with E-state index in [-0.39, 0.29) is 18.6 Å². The lowest BCUT2D eigenvalue weighted by atomic mass is 10.1. The number of benzene rings is 2. The van der Waals surface area contributed by atoms with E-state index < -0.39 is 0 Å². The van der Waals surface area contributed by atoms with E-state index in [0.29, 0.717) is 24.9 Å². The molecule has 0 aliphatic rings. The smallest absolute Gasteiger partial charge is 0.224 e. The molecule has 5 heteroatoms. The number of anilines is 1. The molecule has 1 atom stereocenters. The molecule has 0 fully saturated rings. The highest BCUT2D eigenvalue weighted by Crippen LogP contribution is 2.12. The maximum atomic E-state index is 11.9. The monoisotopic (exact) mass is 337 g/mol. The van der Waals surface area contributed by atoms with Gasteiger partial charge in [0.05, 0.1) is 30.7 Å². The molecule has 1 amide bonds. The molecule has 0 bridgehead atoms. The molecule has 3 N–H and O–H groups in total. The van der Waals surface area contributed by atoms with Crippen LogP contribution in [0.15, 0.2) is 48.5 Å². The summed E-state index contributed by atoms with van der Waals surface area (Å²) in [4.78, 5) is 11.9. The molecule has 0 aliphatic carbocycles. The van der Waals surface area contributed by atoms with Crippen LogP contribution in [-0.4, -0.2) is 23.7 Å². The van der Waals surface area contributed by atoms with Gasteiger partial charge in [0.1, 0.15) is 0 Å². The van der Waals surface area contributed by atoms with E-state index in [9.17, 15) is 4.79 Å². The van der Waals surface area contributed by atoms with E-state index >= 15 is 0 Å². The average molecular weight is 337 g/mol. The summed E-state index contributed by atoms with van der Waals surface area (Å²) in [6.07, 6.45) is 1.01. The number of hydrogen-bond donors (Lipinski definition) is 3. The Morgan fingerprint density at radius 1 is 1.12 bits per heavy atom. The number of carbonyl (C=O) groups excluding carboxylic acids is 1. The largest absolute Gasteiger partial charge is 0.394 e. The summed E-state index contributed by atoms with van der Waals surface area (Å²) < 4.78 is 0. The molecule has 2 aromatic rings. The van der Waals surface area contributed by atoms with Crippen LogP contribution in [0.1, 0.15) is 30.0 Å². The molecule has 0 heterocycles. The maximum Gasteiger partial charge on any atom is 0.224 e. The minimum absolute atomic E-state index is 0.0412. The molecule has 0 aromatic heterocycles. The van der Waals surface area contributed by atoms with E-state index in [1.165, 1.54) is 0 Å². The second-order valence-corrected chi connectivity index (χ2v) is 5.89. The molecule has 0 radical (unpaired) electrons. The molecule has 1 unspecified atom stereocenters. The van der Waals surface area contributed by atoms with Crippen molar-refractivity contribution in [3.05, 3.63) is 65.2 Å². The first-order chi connectivity index (χ1) is 12.1. The van der Waals surface area contributed by atoms with Gasteiger partial charge in [0, 0.05) is 12.2 Å². The zero-order chi connectivity index (χ0) is 18.1. The summed E-state index contributed by atoms with van der Waals surface area (Å²) >= 11 is 0. The number of rotatable bonds is 8. The number of hydrogen-bond acceptors (Lipinski definition) is 4. The lowest BCUT2D eigenvalue weighted by molar-refractivity contribution is -0.121. The zero-order valence-corrected chi connectivity index (χ0v) is 14.3. The fraction of sp³-hybridized carbons (Fsp3) is 0.300. The lowest BCUT2D eigenvalue weighted by Gasteiger charge is -2.14. The summed E-state index contributed by atoms with van der Waals surface area (Å²) in [6, 6.07) is 17.1. The highest BCUT2D eigenvalue weighted by Gasteiger charge is 2.09. The van der Waals surface area contributed by atoms with Crippen molar-refractivity contribution in [2.75, 3.05) is 11.9 Å². The minimum Gasteiger partial charge on any atom is -0.394 e. The van der Waals surface area contributed by atoms with Crippen LogP contribution in [0, 0.1) is 11.3 Å². The van der Waals surface area contributed by atoms with Crippen molar-refractivity contribution in [2.45, 2.75) is 32.4 Å². The first-order valence-electron chi connectivity index (χ1n) is 8.36. The number of carbonyl (C=O) groups is 1. The van der Waals surface area contributed by atoms with Crippen molar-refractivity contribution in [3.8, 4) is 6.07 Å². The number of aliphatic hydroxyl groups excluding tert-OH is 1. The predicted octanol–water partition coefficient (Wildman–Crippen LogP) is 2.60. The fourth-order valence-electron chi connectivity index (χ4n) is 2.38. The number of nitrogens with one attached hydrogen (secondary N) is 2. The third-order valence-electron chi connectivity index (χ3n) is 3.98. The van der Waals surface area contributed by atoms with Gasteiger partial charge in [0.25, 0.3) is 0 Å². The molecule has 0 saturated carbocycles. The Morgan fingerprint density at radius 2 is 1.76 bits per heavy atom. The molecule has 5 nitrogen and oxygen atoms in total. The summed E-state index contributed by atoms with van der Waals surface area (Å²) in [7, 11) is 0. The summed E-state index contributed by atoms with van der Waals surface area (Å²) in [5.74, 6) is -0.0841. The number of amides is 1. The van der Waals surface area contributed by atoms with Gasteiger partial charge >= 0.3 is 0 Å². The van der Waals surface area contributed by atoms with Crippen LogP contribution in [-0.2, 0) is 17.8 Å². The summed E-state index contributed by atoms with van der Waals surface area (Å²) in [5, 5.41) is 24.0. The Hall–Kier alpha value is -2.84. The van der Waals surface area contributed by atoms with Crippen molar-refractivity contribution in [1.82, 2.24) is 5.32 Å². The van der Waals surface area contributed by atoms with Crippen LogP contribution in [0.4, 0.5) is 5.69 Å². The molecule has 0 spiro atoms. The van der Waals surface area contributed by atoms with Crippen LogP contribution >= 0.6 is 0 Å². The SMILES string of the molecule is CCC(CO)NC(=O)Cc1ccc(NCc2ccc(C#N)cc2)cc1. The predicted molar refractivity (Wildman–Crippen MR) is 97.9 cm³/mol. The quantitative estimate of drug-likeness (QED) is 0.691. The van der Waals surface area contributed by atoms with Gasteiger partial charge in [-0.1, -0.05) is 31.2 Å². The molecule has 2 rings (SSSR count). The van der Waals surface area contributed by atoms with Gasteiger partial charge in [-0.2, -0.15) is 5.26 Å². The fourth-order valence-corrected chi connectivity index (χ4v) is 2.38. The molecule has 25 heavy (non-hydrogen) atoms. The van der Waals surface area contributed by atoms with Crippen LogP contribution in [0.25, 0.3) is 0 Å². The average Bonchev–Trinajstić information content (AvgIpc) is 2.66. The third kappa shape index (κ3) is 5.94. The molecular formula is C20H23N3O2. The van der Waals surface area contributed by atoms with Crippen molar-refractivity contribution < 1.29 is 9.90 Å². The second-order valence-electron chi connectivity index (χ2n) is 5.89. The van der Waals surface area contributed by atoms with E-state index in [4.69, 9.17) is 10.4 Å². The normalized spacial score (nSPS) is 11.4. The Morgan fingerprint density at radius 3 is 2.32 bits per heavy atom. The Bertz CT molecular complexity index is 714.